The lowest BCUT2D eigenvalue weighted by Gasteiger charge is -2.05. The van der Waals surface area contributed by atoms with E-state index >= 15 is 0 Å². The molecule has 0 amide bonds. The molecule has 1 aliphatic rings. The van der Waals surface area contributed by atoms with E-state index in [4.69, 9.17) is 0 Å². The third-order valence-corrected chi connectivity index (χ3v) is 3.05. The van der Waals surface area contributed by atoms with Gasteiger partial charge in [0.1, 0.15) is 6.67 Å². The van der Waals surface area contributed by atoms with E-state index in [2.05, 4.69) is 0 Å². The topological polar surface area (TPSA) is 0 Å². The predicted octanol–water partition coefficient (Wildman–Crippen LogP) is 2.34. The second-order valence-corrected chi connectivity index (χ2v) is 3.77. The van der Waals surface area contributed by atoms with Gasteiger partial charge in [0.15, 0.2) is 0 Å². The fourth-order valence-electron chi connectivity index (χ4n) is 1.02. The Balaban J connectivity index is 2.28. The van der Waals surface area contributed by atoms with E-state index in [0.29, 0.717) is 12.2 Å². The van der Waals surface area contributed by atoms with Gasteiger partial charge in [0.05, 0.1) is 0 Å². The van der Waals surface area contributed by atoms with Crippen LogP contribution in [0.3, 0.4) is 0 Å². The molecule has 2 unspecified atom stereocenters. The van der Waals surface area contributed by atoms with Gasteiger partial charge in [-0.15, -0.1) is 0 Å². The minimum Gasteiger partial charge on any atom is -0.250 e. The number of alkyl halides is 3. The molecule has 0 aromatic carbocycles. The molecule has 1 rings (SSSR count). The van der Waals surface area contributed by atoms with Crippen LogP contribution in [0, 0.1) is 5.92 Å². The largest absolute Gasteiger partial charge is 0.250 e. The summed E-state index contributed by atoms with van der Waals surface area (Å²) in [6.07, 6.45) is -1.91. The number of thioether (sulfide) groups is 1. The van der Waals surface area contributed by atoms with E-state index in [1.807, 2.05) is 0 Å². The first-order valence-electron chi connectivity index (χ1n) is 3.19. The molecule has 1 fully saturated rings. The van der Waals surface area contributed by atoms with Crippen molar-refractivity contribution in [3.05, 3.63) is 0 Å². The Bertz CT molecular complexity index is 107. The second-order valence-electron chi connectivity index (χ2n) is 2.44. The van der Waals surface area contributed by atoms with Gasteiger partial charge in [-0.1, -0.05) is 0 Å². The van der Waals surface area contributed by atoms with Crippen molar-refractivity contribution in [1.82, 2.24) is 0 Å². The lowest BCUT2D eigenvalue weighted by molar-refractivity contribution is 0.0869. The second kappa shape index (κ2) is 3.51. The molecule has 0 nitrogen and oxygen atoms in total. The first kappa shape index (κ1) is 8.24. The zero-order valence-electron chi connectivity index (χ0n) is 5.40. The Kier molecular flexibility index (Phi) is 2.89. The molecule has 0 aromatic rings. The Morgan fingerprint density at radius 2 is 2.20 bits per heavy atom. The zero-order chi connectivity index (χ0) is 7.56. The van der Waals surface area contributed by atoms with Crippen molar-refractivity contribution in [2.45, 2.75) is 18.1 Å². The molecule has 60 valence electrons. The number of halogens is 3. The standard InChI is InChI=1S/C6H9F3S/c7-2-5-1-4(3-10-5)6(8)9/h4-6H,1-3H2. The lowest BCUT2D eigenvalue weighted by atomic mass is 10.1. The Labute approximate surface area is 62.2 Å². The first-order valence-corrected chi connectivity index (χ1v) is 4.24. The Morgan fingerprint density at radius 3 is 2.50 bits per heavy atom. The smallest absolute Gasteiger partial charge is 0.242 e. The predicted molar refractivity (Wildman–Crippen MR) is 36.3 cm³/mol. The van der Waals surface area contributed by atoms with Crippen LogP contribution < -0.4 is 0 Å². The van der Waals surface area contributed by atoms with Gasteiger partial charge in [0, 0.05) is 16.9 Å². The van der Waals surface area contributed by atoms with Crippen LogP contribution in [0.15, 0.2) is 0 Å². The highest BCUT2D eigenvalue weighted by atomic mass is 32.2. The van der Waals surface area contributed by atoms with Gasteiger partial charge in [-0.2, -0.15) is 11.8 Å². The van der Waals surface area contributed by atoms with Crippen LogP contribution in [-0.4, -0.2) is 24.1 Å². The maximum Gasteiger partial charge on any atom is 0.242 e. The van der Waals surface area contributed by atoms with Crippen molar-refractivity contribution < 1.29 is 13.2 Å². The molecule has 0 spiro atoms. The minimum atomic E-state index is -2.26. The van der Waals surface area contributed by atoms with E-state index in [0.717, 1.165) is 0 Å². The van der Waals surface area contributed by atoms with Crippen molar-refractivity contribution >= 4 is 11.8 Å². The molecule has 0 bridgehead atoms. The monoisotopic (exact) mass is 170 g/mol. The summed E-state index contributed by atoms with van der Waals surface area (Å²) in [5.41, 5.74) is 0. The van der Waals surface area contributed by atoms with Crippen LogP contribution in [-0.2, 0) is 0 Å². The fraction of sp³-hybridized carbons (Fsp3) is 1.00. The highest BCUT2D eigenvalue weighted by Gasteiger charge is 2.31. The van der Waals surface area contributed by atoms with Crippen LogP contribution in [0.1, 0.15) is 6.42 Å². The summed E-state index contributed by atoms with van der Waals surface area (Å²) in [7, 11) is 0. The molecule has 0 aromatic heterocycles. The molecule has 10 heavy (non-hydrogen) atoms. The summed E-state index contributed by atoms with van der Waals surface area (Å²) < 4.78 is 35.7. The molecule has 1 saturated heterocycles. The van der Waals surface area contributed by atoms with Gasteiger partial charge in [0.2, 0.25) is 6.43 Å². The normalized spacial score (nSPS) is 33.6. The molecule has 0 N–H and O–H groups in total. The maximum atomic E-state index is 11.9. The third kappa shape index (κ3) is 1.81. The van der Waals surface area contributed by atoms with Crippen molar-refractivity contribution in [3.8, 4) is 0 Å². The van der Waals surface area contributed by atoms with Crippen LogP contribution in [0.4, 0.5) is 13.2 Å². The van der Waals surface area contributed by atoms with Gasteiger partial charge >= 0.3 is 0 Å². The molecule has 1 heterocycles. The van der Waals surface area contributed by atoms with E-state index in [1.165, 1.54) is 11.8 Å². The fourth-order valence-corrected chi connectivity index (χ4v) is 2.29. The van der Waals surface area contributed by atoms with E-state index in [1.54, 1.807) is 0 Å². The van der Waals surface area contributed by atoms with Crippen molar-refractivity contribution in [2.24, 2.45) is 5.92 Å². The highest BCUT2D eigenvalue weighted by molar-refractivity contribution is 8.00. The maximum absolute atomic E-state index is 11.9. The van der Waals surface area contributed by atoms with Crippen LogP contribution in [0.25, 0.3) is 0 Å². The van der Waals surface area contributed by atoms with Crippen molar-refractivity contribution in [3.63, 3.8) is 0 Å². The summed E-state index contributed by atoms with van der Waals surface area (Å²) in [5, 5.41) is -0.168. The van der Waals surface area contributed by atoms with Gasteiger partial charge < -0.3 is 0 Å². The third-order valence-electron chi connectivity index (χ3n) is 1.64. The number of hydrogen-bond acceptors (Lipinski definition) is 1. The molecular formula is C6H9F3S. The molecule has 0 aliphatic carbocycles. The van der Waals surface area contributed by atoms with Gasteiger partial charge in [0.25, 0.3) is 0 Å². The zero-order valence-corrected chi connectivity index (χ0v) is 6.21. The van der Waals surface area contributed by atoms with E-state index in [9.17, 15) is 13.2 Å². The van der Waals surface area contributed by atoms with Crippen molar-refractivity contribution in [2.75, 3.05) is 12.4 Å². The van der Waals surface area contributed by atoms with Crippen LogP contribution in [0.5, 0.6) is 0 Å². The average Bonchev–Trinajstić information content (AvgIpc) is 2.34. The summed E-state index contributed by atoms with van der Waals surface area (Å²) in [5.74, 6) is -0.141. The SMILES string of the molecule is FCC1CC(C(F)F)CS1. The molecular weight excluding hydrogens is 161 g/mol. The van der Waals surface area contributed by atoms with Gasteiger partial charge in [-0.05, 0) is 6.42 Å². The summed E-state index contributed by atoms with van der Waals surface area (Å²) in [4.78, 5) is 0. The molecule has 1 aliphatic heterocycles. The van der Waals surface area contributed by atoms with E-state index in [-0.39, 0.29) is 5.25 Å². The average molecular weight is 170 g/mol. The Morgan fingerprint density at radius 1 is 1.50 bits per heavy atom. The minimum absolute atomic E-state index is 0.168. The Hall–Kier alpha value is 0.140. The van der Waals surface area contributed by atoms with Gasteiger partial charge in [-0.25, -0.2) is 13.2 Å². The number of rotatable bonds is 2. The quantitative estimate of drug-likeness (QED) is 0.613. The molecule has 2 atom stereocenters. The van der Waals surface area contributed by atoms with Crippen molar-refractivity contribution in [1.29, 1.82) is 0 Å². The lowest BCUT2D eigenvalue weighted by Crippen LogP contribution is -2.11. The molecule has 0 radical (unpaired) electrons. The summed E-state index contributed by atoms with van der Waals surface area (Å²) in [6, 6.07) is 0. The van der Waals surface area contributed by atoms with Crippen LogP contribution >= 0.6 is 11.8 Å². The highest BCUT2D eigenvalue weighted by Crippen LogP contribution is 2.34. The first-order chi connectivity index (χ1) is 4.74. The summed E-state index contributed by atoms with van der Waals surface area (Å²) in [6.45, 7) is -0.464. The summed E-state index contributed by atoms with van der Waals surface area (Å²) >= 11 is 1.32. The number of hydrogen-bond donors (Lipinski definition) is 0. The molecule has 0 saturated carbocycles. The van der Waals surface area contributed by atoms with Crippen LogP contribution in [0.2, 0.25) is 0 Å². The van der Waals surface area contributed by atoms with Gasteiger partial charge in [-0.3, -0.25) is 0 Å². The molecule has 4 heteroatoms. The van der Waals surface area contributed by atoms with E-state index < -0.39 is 19.0 Å².